The Morgan fingerprint density at radius 2 is 1.35 bits per heavy atom. The molecule has 2 aromatic carbocycles. The summed E-state index contributed by atoms with van der Waals surface area (Å²) in [6.07, 6.45) is 3.12. The molecule has 0 heterocycles. The largest absolute Gasteiger partial charge is 0.286 e. The highest BCUT2D eigenvalue weighted by atomic mass is 16.2. The maximum absolute atomic E-state index is 11.8. The highest BCUT2D eigenvalue weighted by molar-refractivity contribution is 6.50. The van der Waals surface area contributed by atoms with Crippen LogP contribution in [-0.2, 0) is 11.2 Å². The van der Waals surface area contributed by atoms with Gasteiger partial charge in [-0.3, -0.25) is 9.59 Å². The van der Waals surface area contributed by atoms with Crippen molar-refractivity contribution in [1.29, 1.82) is 0 Å². The number of carbonyl (C=O) groups excluding carboxylic acids is 2. The lowest BCUT2D eigenvalue weighted by atomic mass is 9.86. The van der Waals surface area contributed by atoms with Crippen LogP contribution in [0, 0.1) is 0 Å². The lowest BCUT2D eigenvalue weighted by Crippen LogP contribution is -2.18. The average Bonchev–Trinajstić information content (AvgIpc) is 2.50. The van der Waals surface area contributed by atoms with Crippen LogP contribution in [0.3, 0.4) is 0 Å². The first-order valence-electron chi connectivity index (χ1n) is 6.68. The fraction of sp³-hybridized carbons (Fsp3) is 0.111. The molecule has 0 unspecified atom stereocenters. The second kappa shape index (κ2) is 5.25. The number of rotatable bonds is 3. The lowest BCUT2D eigenvalue weighted by Gasteiger charge is -2.16. The molecule has 2 heteroatoms. The molecule has 0 bridgehead atoms. The van der Waals surface area contributed by atoms with Crippen LogP contribution in [0.1, 0.15) is 27.9 Å². The van der Waals surface area contributed by atoms with Gasteiger partial charge >= 0.3 is 0 Å². The average molecular weight is 262 g/mol. The van der Waals surface area contributed by atoms with Crippen molar-refractivity contribution in [2.45, 2.75) is 12.8 Å². The van der Waals surface area contributed by atoms with E-state index in [0.29, 0.717) is 5.56 Å². The monoisotopic (exact) mass is 262 g/mol. The third-order valence-electron chi connectivity index (χ3n) is 3.57. The second-order valence-corrected chi connectivity index (χ2v) is 4.89. The minimum absolute atomic E-state index is 0.399. The van der Waals surface area contributed by atoms with Crippen molar-refractivity contribution in [3.63, 3.8) is 0 Å². The lowest BCUT2D eigenvalue weighted by molar-refractivity contribution is -0.111. The molecule has 0 radical (unpaired) electrons. The van der Waals surface area contributed by atoms with E-state index in [1.807, 2.05) is 30.3 Å². The number of aryl methyl sites for hydroxylation is 1. The van der Waals surface area contributed by atoms with Crippen LogP contribution in [0.25, 0.3) is 5.57 Å². The van der Waals surface area contributed by atoms with Crippen LogP contribution in [-0.4, -0.2) is 11.6 Å². The molecule has 1 aliphatic carbocycles. The second-order valence-electron chi connectivity index (χ2n) is 4.89. The molecule has 3 rings (SSSR count). The Hall–Kier alpha value is -2.48. The van der Waals surface area contributed by atoms with Crippen LogP contribution in [0.5, 0.6) is 0 Å². The van der Waals surface area contributed by atoms with Crippen LogP contribution in [0.2, 0.25) is 0 Å². The van der Waals surface area contributed by atoms with Crippen molar-refractivity contribution >= 4 is 17.1 Å². The first-order valence-corrected chi connectivity index (χ1v) is 6.68. The molecule has 0 amide bonds. The van der Waals surface area contributed by atoms with E-state index in [0.717, 1.165) is 24.0 Å². The minimum Gasteiger partial charge on any atom is -0.286 e. The van der Waals surface area contributed by atoms with Crippen molar-refractivity contribution in [3.05, 3.63) is 77.4 Å². The molecule has 2 aromatic rings. The molecule has 98 valence electrons. The summed E-state index contributed by atoms with van der Waals surface area (Å²) >= 11 is 0. The number of hydrogen-bond acceptors (Lipinski definition) is 2. The van der Waals surface area contributed by atoms with Gasteiger partial charge in [-0.25, -0.2) is 0 Å². The van der Waals surface area contributed by atoms with Gasteiger partial charge in [-0.05, 0) is 35.6 Å². The van der Waals surface area contributed by atoms with Crippen molar-refractivity contribution < 1.29 is 9.59 Å². The summed E-state index contributed by atoms with van der Waals surface area (Å²) in [6, 6.07) is 17.5. The molecule has 0 fully saturated rings. The molecule has 2 nitrogen and oxygen atoms in total. The van der Waals surface area contributed by atoms with E-state index < -0.39 is 11.6 Å². The first-order chi connectivity index (χ1) is 9.75. The maximum Gasteiger partial charge on any atom is 0.233 e. The zero-order valence-corrected chi connectivity index (χ0v) is 11.0. The summed E-state index contributed by atoms with van der Waals surface area (Å²) in [6.45, 7) is 0. The predicted octanol–water partition coefficient (Wildman–Crippen LogP) is 3.47. The standard InChI is InChI=1S/C18H14O2/c19-17-12-14(11-10-13-6-2-1-3-7-13)15-8-4-5-9-16(15)18(17)20/h1-9,12H,10-11H2. The zero-order valence-electron chi connectivity index (χ0n) is 11.0. The third kappa shape index (κ3) is 2.32. The van der Waals surface area contributed by atoms with E-state index in [1.165, 1.54) is 11.6 Å². The van der Waals surface area contributed by atoms with Gasteiger partial charge in [-0.15, -0.1) is 0 Å². The number of Topliss-reactive ketones (excluding diaryl/α,β-unsaturated/α-hetero) is 1. The highest BCUT2D eigenvalue weighted by Crippen LogP contribution is 2.28. The maximum atomic E-state index is 11.8. The Balaban J connectivity index is 1.88. The number of ketones is 2. The van der Waals surface area contributed by atoms with Gasteiger partial charge in [-0.2, -0.15) is 0 Å². The van der Waals surface area contributed by atoms with Crippen LogP contribution in [0.15, 0.2) is 60.7 Å². The molecule has 1 aliphatic rings. The van der Waals surface area contributed by atoms with Crippen molar-refractivity contribution in [2.75, 3.05) is 0 Å². The van der Waals surface area contributed by atoms with Gasteiger partial charge < -0.3 is 0 Å². The normalized spacial score (nSPS) is 13.9. The van der Waals surface area contributed by atoms with Crippen LogP contribution >= 0.6 is 0 Å². The van der Waals surface area contributed by atoms with Gasteiger partial charge in [0.25, 0.3) is 0 Å². The van der Waals surface area contributed by atoms with Crippen molar-refractivity contribution in [2.24, 2.45) is 0 Å². The Morgan fingerprint density at radius 1 is 0.700 bits per heavy atom. The molecule has 0 atom stereocenters. The topological polar surface area (TPSA) is 34.1 Å². The van der Waals surface area contributed by atoms with Crippen molar-refractivity contribution in [3.8, 4) is 0 Å². The smallest absolute Gasteiger partial charge is 0.233 e. The molecular formula is C18H14O2. The summed E-state index contributed by atoms with van der Waals surface area (Å²) in [5, 5.41) is 0. The van der Waals surface area contributed by atoms with Gasteiger partial charge in [0.1, 0.15) is 0 Å². The molecule has 0 saturated heterocycles. The summed E-state index contributed by atoms with van der Waals surface area (Å²) in [5.74, 6) is -0.809. The number of hydrogen-bond donors (Lipinski definition) is 0. The molecule has 0 N–H and O–H groups in total. The number of allylic oxidation sites excluding steroid dienone is 2. The fourth-order valence-corrected chi connectivity index (χ4v) is 2.53. The van der Waals surface area contributed by atoms with Gasteiger partial charge in [0.05, 0.1) is 0 Å². The van der Waals surface area contributed by atoms with E-state index in [-0.39, 0.29) is 0 Å². The fourth-order valence-electron chi connectivity index (χ4n) is 2.53. The quantitative estimate of drug-likeness (QED) is 0.794. The van der Waals surface area contributed by atoms with Gasteiger partial charge in [0, 0.05) is 5.56 Å². The van der Waals surface area contributed by atoms with E-state index >= 15 is 0 Å². The van der Waals surface area contributed by atoms with Gasteiger partial charge in [0.2, 0.25) is 11.6 Å². The first kappa shape index (κ1) is 12.5. The predicted molar refractivity (Wildman–Crippen MR) is 78.5 cm³/mol. The van der Waals surface area contributed by atoms with Gasteiger partial charge in [0.15, 0.2) is 0 Å². The van der Waals surface area contributed by atoms with E-state index in [9.17, 15) is 9.59 Å². The van der Waals surface area contributed by atoms with E-state index in [4.69, 9.17) is 0 Å². The SMILES string of the molecule is O=C1C=C(CCc2ccccc2)c2ccccc2C1=O. The summed E-state index contributed by atoms with van der Waals surface area (Å²) in [5.41, 5.74) is 3.61. The molecule has 0 saturated carbocycles. The number of carbonyl (C=O) groups is 2. The molecule has 0 aromatic heterocycles. The molecule has 0 spiro atoms. The van der Waals surface area contributed by atoms with Gasteiger partial charge in [-0.1, -0.05) is 54.6 Å². The Kier molecular flexibility index (Phi) is 3.30. The number of fused-ring (bicyclic) bond motifs is 1. The summed E-state index contributed by atoms with van der Waals surface area (Å²) in [4.78, 5) is 23.6. The third-order valence-corrected chi connectivity index (χ3v) is 3.57. The summed E-state index contributed by atoms with van der Waals surface area (Å²) in [7, 11) is 0. The molecule has 20 heavy (non-hydrogen) atoms. The van der Waals surface area contributed by atoms with E-state index in [2.05, 4.69) is 12.1 Å². The minimum atomic E-state index is -0.410. The zero-order chi connectivity index (χ0) is 13.9. The highest BCUT2D eigenvalue weighted by Gasteiger charge is 2.24. The van der Waals surface area contributed by atoms with Crippen molar-refractivity contribution in [1.82, 2.24) is 0 Å². The van der Waals surface area contributed by atoms with E-state index in [1.54, 1.807) is 12.1 Å². The summed E-state index contributed by atoms with van der Waals surface area (Å²) < 4.78 is 0. The number of benzene rings is 2. The molecular weight excluding hydrogens is 248 g/mol. The Labute approximate surface area is 117 Å². The van der Waals surface area contributed by atoms with Crippen LogP contribution in [0.4, 0.5) is 0 Å². The molecule has 0 aliphatic heterocycles. The Morgan fingerprint density at radius 3 is 2.10 bits per heavy atom. The van der Waals surface area contributed by atoms with Crippen LogP contribution < -0.4 is 0 Å². The Bertz CT molecular complexity index is 696.